The lowest BCUT2D eigenvalue weighted by atomic mass is 9.62. The number of benzene rings is 3. The van der Waals surface area contributed by atoms with Crippen molar-refractivity contribution >= 4 is 28.1 Å². The van der Waals surface area contributed by atoms with Gasteiger partial charge in [-0.1, -0.05) is 89.3 Å². The Bertz CT molecular complexity index is 1530. The standard InChI is InChI=1S/C31H29BrN4O/c1-21-9-15-25(16-10-21)36-29(37)27-28(34-30(36)35-33-20-22-11-13-24(32)14-12-22)26-8-4-3-7-23(26)19-31(27)17-5-2-6-18-31/h3-4,7-16,20H,2,5-6,17-19H2,1H3,(H,34,35). The highest BCUT2D eigenvalue weighted by Crippen LogP contribution is 2.48. The van der Waals surface area contributed by atoms with Crippen LogP contribution in [0.25, 0.3) is 16.9 Å². The summed E-state index contributed by atoms with van der Waals surface area (Å²) in [5.74, 6) is 0.420. The molecule has 6 rings (SSSR count). The van der Waals surface area contributed by atoms with Crippen molar-refractivity contribution in [2.24, 2.45) is 5.10 Å². The number of halogens is 1. The maximum Gasteiger partial charge on any atom is 0.263 e. The Hall–Kier alpha value is -3.51. The summed E-state index contributed by atoms with van der Waals surface area (Å²) in [6, 6.07) is 24.4. The Kier molecular flexibility index (Phi) is 6.29. The van der Waals surface area contributed by atoms with Crippen LogP contribution in [0.3, 0.4) is 0 Å². The first-order valence-electron chi connectivity index (χ1n) is 12.9. The van der Waals surface area contributed by atoms with Gasteiger partial charge in [0.05, 0.1) is 23.2 Å². The van der Waals surface area contributed by atoms with Crippen molar-refractivity contribution in [1.82, 2.24) is 9.55 Å². The molecule has 4 aromatic rings. The zero-order valence-electron chi connectivity index (χ0n) is 20.9. The molecule has 0 bridgehead atoms. The van der Waals surface area contributed by atoms with Crippen LogP contribution in [0.2, 0.25) is 0 Å². The Labute approximate surface area is 225 Å². The van der Waals surface area contributed by atoms with Gasteiger partial charge in [0.1, 0.15) is 0 Å². The third-order valence-corrected chi connectivity index (χ3v) is 8.29. The molecule has 6 heteroatoms. The summed E-state index contributed by atoms with van der Waals surface area (Å²) in [6.07, 6.45) is 8.19. The second-order valence-electron chi connectivity index (χ2n) is 10.2. The number of aromatic nitrogens is 2. The van der Waals surface area contributed by atoms with E-state index in [1.165, 1.54) is 12.0 Å². The minimum atomic E-state index is -0.169. The monoisotopic (exact) mass is 552 g/mol. The molecule has 1 heterocycles. The molecule has 0 amide bonds. The summed E-state index contributed by atoms with van der Waals surface area (Å²) in [5.41, 5.74) is 9.84. The number of hydrogen-bond donors (Lipinski definition) is 1. The molecule has 2 aliphatic carbocycles. The Morgan fingerprint density at radius 1 is 0.973 bits per heavy atom. The van der Waals surface area contributed by atoms with Crippen molar-refractivity contribution in [3.8, 4) is 16.9 Å². The van der Waals surface area contributed by atoms with Gasteiger partial charge in [-0.3, -0.25) is 4.79 Å². The molecule has 3 aromatic carbocycles. The third-order valence-electron chi connectivity index (χ3n) is 7.77. The molecule has 0 radical (unpaired) electrons. The van der Waals surface area contributed by atoms with Crippen molar-refractivity contribution < 1.29 is 0 Å². The number of aryl methyl sites for hydroxylation is 1. The first kappa shape index (κ1) is 23.9. The number of anilines is 1. The summed E-state index contributed by atoms with van der Waals surface area (Å²) in [7, 11) is 0. The van der Waals surface area contributed by atoms with Crippen molar-refractivity contribution in [3.05, 3.63) is 110 Å². The van der Waals surface area contributed by atoms with Crippen LogP contribution in [0.4, 0.5) is 5.95 Å². The largest absolute Gasteiger partial charge is 0.268 e. The molecule has 1 N–H and O–H groups in total. The van der Waals surface area contributed by atoms with E-state index in [1.54, 1.807) is 10.8 Å². The van der Waals surface area contributed by atoms with Crippen LogP contribution in [0.15, 0.2) is 87.2 Å². The second-order valence-corrected chi connectivity index (χ2v) is 11.1. The summed E-state index contributed by atoms with van der Waals surface area (Å²) < 4.78 is 2.72. The molecule has 1 saturated carbocycles. The van der Waals surface area contributed by atoms with Gasteiger partial charge >= 0.3 is 0 Å². The van der Waals surface area contributed by atoms with E-state index in [0.29, 0.717) is 5.95 Å². The molecule has 0 saturated heterocycles. The van der Waals surface area contributed by atoms with Crippen molar-refractivity contribution in [3.63, 3.8) is 0 Å². The van der Waals surface area contributed by atoms with Gasteiger partial charge in [0, 0.05) is 15.5 Å². The molecule has 1 fully saturated rings. The molecule has 0 aliphatic heterocycles. The average molecular weight is 554 g/mol. The van der Waals surface area contributed by atoms with E-state index in [0.717, 1.165) is 70.2 Å². The summed E-state index contributed by atoms with van der Waals surface area (Å²) >= 11 is 3.47. The fourth-order valence-corrected chi connectivity index (χ4v) is 6.19. The zero-order chi connectivity index (χ0) is 25.4. The molecule has 37 heavy (non-hydrogen) atoms. The molecule has 1 aromatic heterocycles. The van der Waals surface area contributed by atoms with E-state index in [9.17, 15) is 4.79 Å². The lowest BCUT2D eigenvalue weighted by Crippen LogP contribution is -2.42. The molecular weight excluding hydrogens is 524 g/mol. The highest BCUT2D eigenvalue weighted by atomic mass is 79.9. The Morgan fingerprint density at radius 3 is 2.46 bits per heavy atom. The van der Waals surface area contributed by atoms with Crippen molar-refractivity contribution in [2.75, 3.05) is 5.43 Å². The van der Waals surface area contributed by atoms with Crippen molar-refractivity contribution in [2.45, 2.75) is 50.9 Å². The van der Waals surface area contributed by atoms with Crippen LogP contribution in [-0.2, 0) is 11.8 Å². The first-order valence-corrected chi connectivity index (χ1v) is 13.7. The van der Waals surface area contributed by atoms with Crippen LogP contribution < -0.4 is 11.0 Å². The lowest BCUT2D eigenvalue weighted by molar-refractivity contribution is 0.284. The molecule has 1 spiro atoms. The normalized spacial score (nSPS) is 15.9. The number of rotatable bonds is 4. The predicted molar refractivity (Wildman–Crippen MR) is 154 cm³/mol. The molecule has 186 valence electrons. The highest BCUT2D eigenvalue weighted by Gasteiger charge is 2.43. The van der Waals surface area contributed by atoms with E-state index in [-0.39, 0.29) is 11.0 Å². The number of fused-ring (bicyclic) bond motifs is 4. The average Bonchev–Trinajstić information content (AvgIpc) is 2.91. The SMILES string of the molecule is Cc1ccc(-n2c(NN=Cc3ccc(Br)cc3)nc3c(c2=O)C2(CCCCC2)Cc2ccccc2-3)cc1. The molecule has 0 unspecified atom stereocenters. The molecular formula is C31H29BrN4O. The van der Waals surface area contributed by atoms with Gasteiger partial charge in [0.15, 0.2) is 0 Å². The Balaban J connectivity index is 1.55. The Morgan fingerprint density at radius 2 is 1.70 bits per heavy atom. The van der Waals surface area contributed by atoms with E-state index in [1.807, 2.05) is 61.5 Å². The zero-order valence-corrected chi connectivity index (χ0v) is 22.5. The second kappa shape index (κ2) is 9.75. The lowest BCUT2D eigenvalue weighted by Gasteiger charge is -2.42. The van der Waals surface area contributed by atoms with Crippen LogP contribution in [-0.4, -0.2) is 15.8 Å². The van der Waals surface area contributed by atoms with Gasteiger partial charge in [-0.05, 0) is 61.6 Å². The number of hydrogen-bond acceptors (Lipinski definition) is 4. The van der Waals surface area contributed by atoms with Crippen molar-refractivity contribution in [1.29, 1.82) is 0 Å². The van der Waals surface area contributed by atoms with Gasteiger partial charge in [0.2, 0.25) is 5.95 Å². The third kappa shape index (κ3) is 4.44. The molecule has 5 nitrogen and oxygen atoms in total. The maximum absolute atomic E-state index is 14.5. The fraction of sp³-hybridized carbons (Fsp3) is 0.258. The van der Waals surface area contributed by atoms with Gasteiger partial charge < -0.3 is 0 Å². The fourth-order valence-electron chi connectivity index (χ4n) is 5.93. The van der Waals surface area contributed by atoms with Gasteiger partial charge in [0.25, 0.3) is 5.56 Å². The smallest absolute Gasteiger partial charge is 0.263 e. The van der Waals surface area contributed by atoms with E-state index in [4.69, 9.17) is 4.98 Å². The highest BCUT2D eigenvalue weighted by molar-refractivity contribution is 9.10. The van der Waals surface area contributed by atoms with E-state index in [2.05, 4.69) is 44.7 Å². The van der Waals surface area contributed by atoms with Crippen LogP contribution in [0.5, 0.6) is 0 Å². The summed E-state index contributed by atoms with van der Waals surface area (Å²) in [6.45, 7) is 2.05. The number of nitrogens with zero attached hydrogens (tertiary/aromatic N) is 3. The summed E-state index contributed by atoms with van der Waals surface area (Å²) in [4.78, 5) is 19.6. The van der Waals surface area contributed by atoms with Crippen LogP contribution in [0, 0.1) is 6.92 Å². The van der Waals surface area contributed by atoms with Crippen LogP contribution >= 0.6 is 15.9 Å². The topological polar surface area (TPSA) is 59.3 Å². The summed E-state index contributed by atoms with van der Waals surface area (Å²) in [5, 5.41) is 4.48. The van der Waals surface area contributed by atoms with E-state index < -0.39 is 0 Å². The van der Waals surface area contributed by atoms with Crippen LogP contribution in [0.1, 0.15) is 54.4 Å². The first-order chi connectivity index (χ1) is 18.0. The van der Waals surface area contributed by atoms with Gasteiger partial charge in [-0.25, -0.2) is 15.0 Å². The number of hydrazone groups is 1. The van der Waals surface area contributed by atoms with Gasteiger partial charge in [-0.15, -0.1) is 0 Å². The quantitative estimate of drug-likeness (QED) is 0.215. The predicted octanol–water partition coefficient (Wildman–Crippen LogP) is 7.17. The number of nitrogens with one attached hydrogen (secondary N) is 1. The molecule has 0 atom stereocenters. The maximum atomic E-state index is 14.5. The van der Waals surface area contributed by atoms with E-state index >= 15 is 0 Å². The molecule has 2 aliphatic rings. The van der Waals surface area contributed by atoms with Gasteiger partial charge in [-0.2, -0.15) is 5.10 Å². The minimum absolute atomic E-state index is 0.00611. The minimum Gasteiger partial charge on any atom is -0.268 e.